The van der Waals surface area contributed by atoms with Crippen molar-refractivity contribution in [2.75, 3.05) is 6.54 Å². The number of carbonyl (C=O) groups excluding carboxylic acids is 2. The fourth-order valence-electron chi connectivity index (χ4n) is 3.14. The van der Waals surface area contributed by atoms with Gasteiger partial charge in [0, 0.05) is 17.1 Å². The van der Waals surface area contributed by atoms with E-state index in [1.165, 1.54) is 0 Å². The van der Waals surface area contributed by atoms with E-state index in [0.717, 1.165) is 5.56 Å². The predicted octanol–water partition coefficient (Wildman–Crippen LogP) is 3.43. The van der Waals surface area contributed by atoms with Gasteiger partial charge in [0.25, 0.3) is 5.91 Å². The highest BCUT2D eigenvalue weighted by atomic mass is 35.5. The number of amides is 3. The normalized spacial score (nSPS) is 11.6. The Morgan fingerprint density at radius 2 is 1.72 bits per heavy atom. The number of aliphatic carboxylic acids is 1. The molecule has 4 N–H and O–H groups in total. The van der Waals surface area contributed by atoms with Crippen LogP contribution in [0.4, 0.5) is 4.79 Å². The highest BCUT2D eigenvalue weighted by Crippen LogP contribution is 2.23. The number of ether oxygens (including phenoxy) is 1. The maximum Gasteiger partial charge on any atom is 0.328 e. The van der Waals surface area contributed by atoms with Gasteiger partial charge in [-0.2, -0.15) is 0 Å². The standard InChI is InChI=1S/C23H28ClN3O5/c1-13(2)32-18-8-14(3)20(15(4)9-18)21(28)27-19(22(29)30)12-26-23(31)25-11-16-6-5-7-17(24)10-16/h5-10,13,19H,11-12H2,1-4H3,(H,27,28)(H,29,30)(H2,25,26,31)/t19-/m0/s1. The number of aryl methyl sites for hydroxylation is 2. The minimum atomic E-state index is -1.30. The molecule has 0 aromatic heterocycles. The van der Waals surface area contributed by atoms with Crippen molar-refractivity contribution in [1.82, 2.24) is 16.0 Å². The Bertz CT molecular complexity index is 970. The summed E-state index contributed by atoms with van der Waals surface area (Å²) in [5.41, 5.74) is 2.49. The number of benzene rings is 2. The van der Waals surface area contributed by atoms with Crippen LogP contribution < -0.4 is 20.7 Å². The van der Waals surface area contributed by atoms with Crippen LogP contribution in [0.3, 0.4) is 0 Å². The van der Waals surface area contributed by atoms with Crippen LogP contribution in [0.25, 0.3) is 0 Å². The van der Waals surface area contributed by atoms with Crippen molar-refractivity contribution in [3.8, 4) is 5.75 Å². The maximum atomic E-state index is 12.8. The van der Waals surface area contributed by atoms with Gasteiger partial charge in [0.05, 0.1) is 12.6 Å². The largest absolute Gasteiger partial charge is 0.491 e. The molecule has 0 saturated heterocycles. The molecule has 0 bridgehead atoms. The van der Waals surface area contributed by atoms with Crippen molar-refractivity contribution in [3.63, 3.8) is 0 Å². The Morgan fingerprint density at radius 3 is 2.28 bits per heavy atom. The van der Waals surface area contributed by atoms with Gasteiger partial charge < -0.3 is 25.8 Å². The van der Waals surface area contributed by atoms with Gasteiger partial charge in [0.2, 0.25) is 0 Å². The molecule has 3 amide bonds. The van der Waals surface area contributed by atoms with Crippen molar-refractivity contribution in [2.45, 2.75) is 46.4 Å². The van der Waals surface area contributed by atoms with Crippen LogP contribution in [0.15, 0.2) is 36.4 Å². The van der Waals surface area contributed by atoms with Gasteiger partial charge >= 0.3 is 12.0 Å². The van der Waals surface area contributed by atoms with Crippen LogP contribution in [-0.4, -0.2) is 41.7 Å². The second kappa shape index (κ2) is 11.4. The summed E-state index contributed by atoms with van der Waals surface area (Å²) in [6.07, 6.45) is -0.0130. The minimum absolute atomic E-state index is 0.0130. The van der Waals surface area contributed by atoms with Gasteiger partial charge in [-0.05, 0) is 68.7 Å². The monoisotopic (exact) mass is 461 g/mol. The van der Waals surface area contributed by atoms with E-state index in [0.29, 0.717) is 27.5 Å². The summed E-state index contributed by atoms with van der Waals surface area (Å²) < 4.78 is 5.67. The molecule has 9 heteroatoms. The van der Waals surface area contributed by atoms with E-state index in [9.17, 15) is 19.5 Å². The summed E-state index contributed by atoms with van der Waals surface area (Å²) in [6, 6.07) is 8.60. The lowest BCUT2D eigenvalue weighted by atomic mass is 10.0. The summed E-state index contributed by atoms with van der Waals surface area (Å²) >= 11 is 5.91. The first-order chi connectivity index (χ1) is 15.1. The van der Waals surface area contributed by atoms with Crippen LogP contribution in [-0.2, 0) is 11.3 Å². The maximum absolute atomic E-state index is 12.8. The molecule has 0 aliphatic rings. The molecule has 0 aliphatic carbocycles. The van der Waals surface area contributed by atoms with Gasteiger partial charge in [0.1, 0.15) is 11.8 Å². The molecule has 2 aromatic carbocycles. The first kappa shape index (κ1) is 25.0. The number of nitrogens with one attached hydrogen (secondary N) is 3. The van der Waals surface area contributed by atoms with Crippen LogP contribution in [0.2, 0.25) is 5.02 Å². The number of rotatable bonds is 9. The Balaban J connectivity index is 1.97. The van der Waals surface area contributed by atoms with E-state index >= 15 is 0 Å². The molecule has 0 saturated carbocycles. The molecule has 1 atom stereocenters. The van der Waals surface area contributed by atoms with Crippen molar-refractivity contribution < 1.29 is 24.2 Å². The van der Waals surface area contributed by atoms with E-state index in [1.807, 2.05) is 13.8 Å². The number of urea groups is 1. The second-order valence-electron chi connectivity index (χ2n) is 7.66. The zero-order chi connectivity index (χ0) is 23.8. The molecule has 0 aliphatic heterocycles. The predicted molar refractivity (Wildman–Crippen MR) is 122 cm³/mol. The molecule has 172 valence electrons. The lowest BCUT2D eigenvalue weighted by Gasteiger charge is -2.19. The molecule has 2 rings (SSSR count). The second-order valence-corrected chi connectivity index (χ2v) is 8.09. The van der Waals surface area contributed by atoms with Crippen molar-refractivity contribution in [3.05, 3.63) is 63.7 Å². The SMILES string of the molecule is Cc1cc(OC(C)C)cc(C)c1C(=O)N[C@@H](CNC(=O)NCc1cccc(Cl)c1)C(=O)O. The molecule has 8 nitrogen and oxygen atoms in total. The molecular formula is C23H28ClN3O5. The zero-order valence-corrected chi connectivity index (χ0v) is 19.2. The first-order valence-electron chi connectivity index (χ1n) is 10.1. The number of hydrogen-bond donors (Lipinski definition) is 4. The fraction of sp³-hybridized carbons (Fsp3) is 0.348. The Hall–Kier alpha value is -3.26. The first-order valence-corrected chi connectivity index (χ1v) is 10.5. The number of hydrogen-bond acceptors (Lipinski definition) is 4. The van der Waals surface area contributed by atoms with E-state index in [2.05, 4.69) is 16.0 Å². The van der Waals surface area contributed by atoms with E-state index in [-0.39, 0.29) is 19.2 Å². The van der Waals surface area contributed by atoms with E-state index in [1.54, 1.807) is 50.2 Å². The van der Waals surface area contributed by atoms with Crippen LogP contribution in [0.5, 0.6) is 5.75 Å². The van der Waals surface area contributed by atoms with Crippen LogP contribution in [0.1, 0.15) is 40.9 Å². The topological polar surface area (TPSA) is 117 Å². The molecule has 32 heavy (non-hydrogen) atoms. The molecular weight excluding hydrogens is 434 g/mol. The van der Waals surface area contributed by atoms with E-state index in [4.69, 9.17) is 16.3 Å². The Labute approximate surface area is 192 Å². The van der Waals surface area contributed by atoms with E-state index < -0.39 is 23.9 Å². The third-order valence-electron chi connectivity index (χ3n) is 4.52. The highest BCUT2D eigenvalue weighted by molar-refractivity contribution is 6.30. The number of halogens is 1. The summed E-state index contributed by atoms with van der Waals surface area (Å²) in [6.45, 7) is 7.26. The molecule has 0 spiro atoms. The van der Waals surface area contributed by atoms with Gasteiger partial charge in [-0.25, -0.2) is 9.59 Å². The van der Waals surface area contributed by atoms with Crippen molar-refractivity contribution >= 4 is 29.5 Å². The average molecular weight is 462 g/mol. The molecule has 0 fully saturated rings. The number of carbonyl (C=O) groups is 3. The summed E-state index contributed by atoms with van der Waals surface area (Å²) in [5, 5.41) is 17.6. The lowest BCUT2D eigenvalue weighted by molar-refractivity contribution is -0.139. The third-order valence-corrected chi connectivity index (χ3v) is 4.75. The molecule has 2 aromatic rings. The fourth-order valence-corrected chi connectivity index (χ4v) is 3.35. The number of carboxylic acid groups (broad SMARTS) is 1. The van der Waals surface area contributed by atoms with Crippen molar-refractivity contribution in [2.24, 2.45) is 0 Å². The molecule has 0 radical (unpaired) electrons. The quantitative estimate of drug-likeness (QED) is 0.456. The highest BCUT2D eigenvalue weighted by Gasteiger charge is 2.23. The Kier molecular flexibility index (Phi) is 8.90. The van der Waals surface area contributed by atoms with Crippen LogP contribution in [0, 0.1) is 13.8 Å². The third kappa shape index (κ3) is 7.46. The van der Waals surface area contributed by atoms with Gasteiger partial charge in [-0.3, -0.25) is 4.79 Å². The van der Waals surface area contributed by atoms with Gasteiger partial charge in [-0.15, -0.1) is 0 Å². The summed E-state index contributed by atoms with van der Waals surface area (Å²) in [4.78, 5) is 36.4. The van der Waals surface area contributed by atoms with Gasteiger partial charge in [0.15, 0.2) is 0 Å². The lowest BCUT2D eigenvalue weighted by Crippen LogP contribution is -2.50. The minimum Gasteiger partial charge on any atom is -0.491 e. The molecule has 0 unspecified atom stereocenters. The van der Waals surface area contributed by atoms with Gasteiger partial charge in [-0.1, -0.05) is 23.7 Å². The summed E-state index contributed by atoms with van der Waals surface area (Å²) in [7, 11) is 0. The molecule has 0 heterocycles. The smallest absolute Gasteiger partial charge is 0.328 e. The van der Waals surface area contributed by atoms with Crippen molar-refractivity contribution in [1.29, 1.82) is 0 Å². The zero-order valence-electron chi connectivity index (χ0n) is 18.5. The summed E-state index contributed by atoms with van der Waals surface area (Å²) in [5.74, 6) is -1.16. The Morgan fingerprint density at radius 1 is 1.06 bits per heavy atom. The number of carboxylic acids is 1. The average Bonchev–Trinajstić information content (AvgIpc) is 2.68. The van der Waals surface area contributed by atoms with Crippen LogP contribution >= 0.6 is 11.6 Å².